The average Bonchev–Trinajstić information content (AvgIpc) is 2.69. The molecule has 0 bridgehead atoms. The van der Waals surface area contributed by atoms with Gasteiger partial charge in [0.25, 0.3) is 0 Å². The van der Waals surface area contributed by atoms with Gasteiger partial charge in [0.05, 0.1) is 6.04 Å². The van der Waals surface area contributed by atoms with Gasteiger partial charge in [-0.05, 0) is 43.4 Å². The Morgan fingerprint density at radius 2 is 1.59 bits per heavy atom. The average molecular weight is 366 g/mol. The molecule has 1 atom stereocenters. The Balaban J connectivity index is 1.42. The van der Waals surface area contributed by atoms with E-state index in [0.717, 1.165) is 44.6 Å². The van der Waals surface area contributed by atoms with E-state index in [9.17, 15) is 4.79 Å². The van der Waals surface area contributed by atoms with E-state index >= 15 is 0 Å². The van der Waals surface area contributed by atoms with Crippen molar-refractivity contribution in [3.8, 4) is 0 Å². The van der Waals surface area contributed by atoms with Crippen LogP contribution in [-0.4, -0.2) is 48.4 Å². The Bertz CT molecular complexity index is 696. The Labute approximate surface area is 163 Å². The standard InChI is InChI=1S/C23H31N3O/c1-25(17-20-10-6-3-7-11-20)18-21-12-14-26(15-13-21)23(27)22(24)16-19-8-4-2-5-9-19/h2-11,21-22H,12-18,24H2,1H3. The molecule has 27 heavy (non-hydrogen) atoms. The molecule has 2 aromatic rings. The second-order valence-electron chi connectivity index (χ2n) is 7.75. The van der Waals surface area contributed by atoms with E-state index in [4.69, 9.17) is 5.73 Å². The summed E-state index contributed by atoms with van der Waals surface area (Å²) in [5.74, 6) is 0.739. The second-order valence-corrected chi connectivity index (χ2v) is 7.75. The van der Waals surface area contributed by atoms with Gasteiger partial charge in [0.2, 0.25) is 5.91 Å². The van der Waals surface area contributed by atoms with Crippen LogP contribution >= 0.6 is 0 Å². The highest BCUT2D eigenvalue weighted by Gasteiger charge is 2.26. The third-order valence-corrected chi connectivity index (χ3v) is 5.41. The van der Waals surface area contributed by atoms with Crippen LogP contribution in [0.4, 0.5) is 0 Å². The Hall–Kier alpha value is -2.17. The third kappa shape index (κ3) is 5.91. The number of nitrogens with zero attached hydrogens (tertiary/aromatic N) is 2. The van der Waals surface area contributed by atoms with Crippen molar-refractivity contribution in [1.82, 2.24) is 9.80 Å². The van der Waals surface area contributed by atoms with Crippen LogP contribution < -0.4 is 5.73 Å². The number of piperidine rings is 1. The van der Waals surface area contributed by atoms with E-state index in [-0.39, 0.29) is 5.91 Å². The first-order chi connectivity index (χ1) is 13.1. The zero-order chi connectivity index (χ0) is 19.1. The highest BCUT2D eigenvalue weighted by atomic mass is 16.2. The van der Waals surface area contributed by atoms with Gasteiger partial charge in [-0.1, -0.05) is 60.7 Å². The van der Waals surface area contributed by atoms with Crippen molar-refractivity contribution in [3.05, 3.63) is 71.8 Å². The lowest BCUT2D eigenvalue weighted by atomic mass is 9.95. The van der Waals surface area contributed by atoms with Gasteiger partial charge in [-0.2, -0.15) is 0 Å². The van der Waals surface area contributed by atoms with Gasteiger partial charge in [-0.25, -0.2) is 0 Å². The van der Waals surface area contributed by atoms with Gasteiger partial charge >= 0.3 is 0 Å². The second kappa shape index (κ2) is 9.67. The minimum atomic E-state index is -0.440. The molecule has 0 radical (unpaired) electrons. The van der Waals surface area contributed by atoms with Crippen molar-refractivity contribution >= 4 is 5.91 Å². The molecule has 0 spiro atoms. The molecule has 1 unspecified atom stereocenters. The van der Waals surface area contributed by atoms with E-state index in [0.29, 0.717) is 12.3 Å². The van der Waals surface area contributed by atoms with E-state index in [1.165, 1.54) is 5.56 Å². The maximum absolute atomic E-state index is 12.7. The molecule has 0 aromatic heterocycles. The maximum Gasteiger partial charge on any atom is 0.239 e. The van der Waals surface area contributed by atoms with Gasteiger partial charge in [0.15, 0.2) is 0 Å². The lowest BCUT2D eigenvalue weighted by Gasteiger charge is -2.35. The summed E-state index contributed by atoms with van der Waals surface area (Å²) in [7, 11) is 2.18. The SMILES string of the molecule is CN(Cc1ccccc1)CC1CCN(C(=O)C(N)Cc2ccccc2)CC1. The Morgan fingerprint density at radius 1 is 1.04 bits per heavy atom. The molecule has 4 heteroatoms. The Kier molecular flexibility index (Phi) is 7.02. The summed E-state index contributed by atoms with van der Waals surface area (Å²) in [5, 5.41) is 0. The minimum Gasteiger partial charge on any atom is -0.341 e. The molecule has 1 fully saturated rings. The predicted octanol–water partition coefficient (Wildman–Crippen LogP) is 2.93. The van der Waals surface area contributed by atoms with Crippen molar-refractivity contribution in [1.29, 1.82) is 0 Å². The van der Waals surface area contributed by atoms with Crippen LogP contribution in [0.15, 0.2) is 60.7 Å². The maximum atomic E-state index is 12.7. The van der Waals surface area contributed by atoms with Gasteiger partial charge < -0.3 is 15.5 Å². The zero-order valence-corrected chi connectivity index (χ0v) is 16.3. The van der Waals surface area contributed by atoms with Crippen molar-refractivity contribution in [2.75, 3.05) is 26.7 Å². The summed E-state index contributed by atoms with van der Waals surface area (Å²) >= 11 is 0. The summed E-state index contributed by atoms with van der Waals surface area (Å²) in [5.41, 5.74) is 8.65. The largest absolute Gasteiger partial charge is 0.341 e. The van der Waals surface area contributed by atoms with Crippen LogP contribution in [0.5, 0.6) is 0 Å². The summed E-state index contributed by atoms with van der Waals surface area (Å²) in [4.78, 5) is 17.0. The molecular weight excluding hydrogens is 334 g/mol. The number of hydrogen-bond donors (Lipinski definition) is 1. The van der Waals surface area contributed by atoms with E-state index in [1.54, 1.807) is 0 Å². The fraction of sp³-hybridized carbons (Fsp3) is 0.435. The molecule has 1 aliphatic rings. The number of carbonyl (C=O) groups excluding carboxylic acids is 1. The highest BCUT2D eigenvalue weighted by Crippen LogP contribution is 2.20. The number of likely N-dealkylation sites (tertiary alicyclic amines) is 1. The van der Waals surface area contributed by atoms with Crippen molar-refractivity contribution < 1.29 is 4.79 Å². The summed E-state index contributed by atoms with van der Waals surface area (Å²) < 4.78 is 0. The first-order valence-corrected chi connectivity index (χ1v) is 9.92. The van der Waals surface area contributed by atoms with Crippen LogP contribution in [0.3, 0.4) is 0 Å². The fourth-order valence-corrected chi connectivity index (χ4v) is 3.93. The van der Waals surface area contributed by atoms with Crippen LogP contribution in [0.2, 0.25) is 0 Å². The number of amides is 1. The molecule has 1 heterocycles. The van der Waals surface area contributed by atoms with Crippen LogP contribution in [0, 0.1) is 5.92 Å². The molecular formula is C23H31N3O. The van der Waals surface area contributed by atoms with Crippen molar-refractivity contribution in [2.45, 2.75) is 31.8 Å². The van der Waals surface area contributed by atoms with Gasteiger partial charge in [0.1, 0.15) is 0 Å². The third-order valence-electron chi connectivity index (χ3n) is 5.41. The van der Waals surface area contributed by atoms with Crippen molar-refractivity contribution in [3.63, 3.8) is 0 Å². The predicted molar refractivity (Wildman–Crippen MR) is 110 cm³/mol. The van der Waals surface area contributed by atoms with Crippen LogP contribution in [0.25, 0.3) is 0 Å². The Morgan fingerprint density at radius 3 is 2.19 bits per heavy atom. The molecule has 1 aliphatic heterocycles. The van der Waals surface area contributed by atoms with E-state index in [1.807, 2.05) is 35.2 Å². The fourth-order valence-electron chi connectivity index (χ4n) is 3.93. The molecule has 0 saturated carbocycles. The quantitative estimate of drug-likeness (QED) is 0.821. The van der Waals surface area contributed by atoms with Gasteiger partial charge in [0, 0.05) is 26.2 Å². The lowest BCUT2D eigenvalue weighted by Crippen LogP contribution is -2.48. The normalized spacial score (nSPS) is 16.5. The highest BCUT2D eigenvalue weighted by molar-refractivity contribution is 5.82. The molecule has 3 rings (SSSR count). The smallest absolute Gasteiger partial charge is 0.239 e. The topological polar surface area (TPSA) is 49.6 Å². The number of benzene rings is 2. The van der Waals surface area contributed by atoms with Crippen LogP contribution in [0.1, 0.15) is 24.0 Å². The van der Waals surface area contributed by atoms with Crippen LogP contribution in [-0.2, 0) is 17.8 Å². The molecule has 2 N–H and O–H groups in total. The van der Waals surface area contributed by atoms with E-state index < -0.39 is 6.04 Å². The molecule has 0 aliphatic carbocycles. The summed E-state index contributed by atoms with van der Waals surface area (Å²) in [6.07, 6.45) is 2.73. The van der Waals surface area contributed by atoms with Gasteiger partial charge in [-0.3, -0.25) is 4.79 Å². The van der Waals surface area contributed by atoms with Crippen molar-refractivity contribution in [2.24, 2.45) is 11.7 Å². The summed E-state index contributed by atoms with van der Waals surface area (Å²) in [6, 6.07) is 20.2. The number of rotatable bonds is 7. The zero-order valence-electron chi connectivity index (χ0n) is 16.3. The monoisotopic (exact) mass is 365 g/mol. The number of hydrogen-bond acceptors (Lipinski definition) is 3. The summed E-state index contributed by atoms with van der Waals surface area (Å²) in [6.45, 7) is 3.70. The molecule has 144 valence electrons. The minimum absolute atomic E-state index is 0.0925. The molecule has 1 amide bonds. The first kappa shape index (κ1) is 19.6. The lowest BCUT2D eigenvalue weighted by molar-refractivity contribution is -0.134. The molecule has 2 aromatic carbocycles. The van der Waals surface area contributed by atoms with E-state index in [2.05, 4.69) is 42.3 Å². The first-order valence-electron chi connectivity index (χ1n) is 9.92. The van der Waals surface area contributed by atoms with Gasteiger partial charge in [-0.15, -0.1) is 0 Å². The molecule has 1 saturated heterocycles. The number of carbonyl (C=O) groups is 1. The molecule has 4 nitrogen and oxygen atoms in total. The number of nitrogens with two attached hydrogens (primary N) is 1.